The molecular formula is C23H22F3N7O. The Hall–Kier alpha value is -3.47. The Labute approximate surface area is 192 Å². The van der Waals surface area contributed by atoms with Crippen LogP contribution >= 0.6 is 0 Å². The highest BCUT2D eigenvalue weighted by Crippen LogP contribution is 2.46. The van der Waals surface area contributed by atoms with Crippen LogP contribution in [0.15, 0.2) is 29.0 Å². The summed E-state index contributed by atoms with van der Waals surface area (Å²) in [5.74, 6) is 0.825. The van der Waals surface area contributed by atoms with Crippen LogP contribution < -0.4 is 10.6 Å². The lowest BCUT2D eigenvalue weighted by Gasteiger charge is -2.56. The molecule has 2 fully saturated rings. The summed E-state index contributed by atoms with van der Waals surface area (Å²) in [6, 6.07) is 3.65. The summed E-state index contributed by atoms with van der Waals surface area (Å²) >= 11 is 0. The number of H-pyrrole nitrogens is 1. The molecule has 5 heterocycles. The van der Waals surface area contributed by atoms with Crippen LogP contribution in [-0.4, -0.2) is 44.2 Å². The lowest BCUT2D eigenvalue weighted by molar-refractivity contribution is -0.137. The Morgan fingerprint density at radius 1 is 1.18 bits per heavy atom. The lowest BCUT2D eigenvalue weighted by Crippen LogP contribution is -2.67. The molecule has 34 heavy (non-hydrogen) atoms. The number of fused-ring (bicyclic) bond motifs is 1. The predicted octanol–water partition coefficient (Wildman–Crippen LogP) is 4.47. The van der Waals surface area contributed by atoms with E-state index in [9.17, 15) is 13.2 Å². The molecular weight excluding hydrogens is 447 g/mol. The number of pyridine rings is 1. The Morgan fingerprint density at radius 2 is 2.00 bits per heavy atom. The second kappa shape index (κ2) is 7.26. The van der Waals surface area contributed by atoms with Crippen molar-refractivity contribution in [3.05, 3.63) is 41.5 Å². The molecule has 0 radical (unpaired) electrons. The maximum absolute atomic E-state index is 13.9. The SMILES string of the molecule is Cc1noc(C)c1-c1ccc2c(-c3nc(N[C@@H]4CCC45CNC5)ncc3C(F)(F)F)c[nH]c2n1. The molecule has 0 aromatic carbocycles. The summed E-state index contributed by atoms with van der Waals surface area (Å²) in [6.07, 6.45) is -0.191. The molecule has 1 saturated heterocycles. The van der Waals surface area contributed by atoms with E-state index >= 15 is 0 Å². The zero-order valence-corrected chi connectivity index (χ0v) is 18.5. The lowest BCUT2D eigenvalue weighted by atomic mass is 9.60. The van der Waals surface area contributed by atoms with E-state index in [1.807, 2.05) is 6.92 Å². The Morgan fingerprint density at radius 3 is 2.62 bits per heavy atom. The zero-order chi connectivity index (χ0) is 23.7. The molecule has 4 aromatic heterocycles. The predicted molar refractivity (Wildman–Crippen MR) is 119 cm³/mol. The molecule has 0 bridgehead atoms. The van der Waals surface area contributed by atoms with Crippen LogP contribution in [0.25, 0.3) is 33.5 Å². The van der Waals surface area contributed by atoms with Crippen LogP contribution in [0, 0.1) is 19.3 Å². The largest absolute Gasteiger partial charge is 0.419 e. The van der Waals surface area contributed by atoms with E-state index in [2.05, 4.69) is 35.7 Å². The minimum absolute atomic E-state index is 0.153. The number of hydrogen-bond acceptors (Lipinski definition) is 7. The fraction of sp³-hybridized carbons (Fsp3) is 0.391. The number of hydrogen-bond donors (Lipinski definition) is 3. The number of anilines is 1. The Balaban J connectivity index is 1.41. The number of nitrogens with one attached hydrogen (secondary N) is 3. The summed E-state index contributed by atoms with van der Waals surface area (Å²) < 4.78 is 46.9. The van der Waals surface area contributed by atoms with Crippen molar-refractivity contribution in [3.8, 4) is 22.5 Å². The van der Waals surface area contributed by atoms with Gasteiger partial charge in [-0.05, 0) is 38.8 Å². The summed E-state index contributed by atoms with van der Waals surface area (Å²) in [4.78, 5) is 16.0. The van der Waals surface area contributed by atoms with E-state index in [1.165, 1.54) is 6.20 Å². The van der Waals surface area contributed by atoms with E-state index in [-0.39, 0.29) is 23.1 Å². The van der Waals surface area contributed by atoms with Crippen LogP contribution in [0.3, 0.4) is 0 Å². The third kappa shape index (κ3) is 3.17. The van der Waals surface area contributed by atoms with E-state index < -0.39 is 11.7 Å². The fourth-order valence-corrected chi connectivity index (χ4v) is 5.00. The van der Waals surface area contributed by atoms with Gasteiger partial charge in [-0.1, -0.05) is 5.16 Å². The number of rotatable bonds is 4. The van der Waals surface area contributed by atoms with E-state index in [1.54, 1.807) is 19.1 Å². The molecule has 6 rings (SSSR count). The average molecular weight is 469 g/mol. The number of alkyl halides is 3. The summed E-state index contributed by atoms with van der Waals surface area (Å²) in [6.45, 7) is 5.41. The van der Waals surface area contributed by atoms with Gasteiger partial charge in [-0.2, -0.15) is 13.2 Å². The van der Waals surface area contributed by atoms with Gasteiger partial charge in [0, 0.05) is 47.9 Å². The zero-order valence-electron chi connectivity index (χ0n) is 18.5. The smallest absolute Gasteiger partial charge is 0.361 e. The molecule has 4 aromatic rings. The highest BCUT2D eigenvalue weighted by molar-refractivity contribution is 5.94. The number of nitrogens with zero attached hydrogens (tertiary/aromatic N) is 4. The molecule has 176 valence electrons. The van der Waals surface area contributed by atoms with Crippen LogP contribution in [0.5, 0.6) is 0 Å². The van der Waals surface area contributed by atoms with Gasteiger partial charge in [0.15, 0.2) is 0 Å². The van der Waals surface area contributed by atoms with Gasteiger partial charge in [0.05, 0.1) is 22.6 Å². The molecule has 1 spiro atoms. The molecule has 0 unspecified atom stereocenters. The van der Waals surface area contributed by atoms with E-state index in [0.717, 1.165) is 37.7 Å². The first-order valence-corrected chi connectivity index (χ1v) is 11.1. The van der Waals surface area contributed by atoms with Crippen molar-refractivity contribution >= 4 is 17.0 Å². The first-order chi connectivity index (χ1) is 16.2. The van der Waals surface area contributed by atoms with Gasteiger partial charge in [0.1, 0.15) is 17.0 Å². The standard InChI is InChI=1S/C23H22F3N7O/c1-11-18(12(2)34-33-11)16-4-3-13-14(7-28-20(13)30-16)19-15(23(24,25)26)8-29-21(32-19)31-17-5-6-22(17)9-27-10-22/h3-4,7-8,17,27H,5-6,9-10H2,1-2H3,(H,28,30)(H,29,31,32)/t17-/m1/s1. The van der Waals surface area contributed by atoms with Crippen LogP contribution in [0.4, 0.5) is 19.1 Å². The number of halogens is 3. The molecule has 1 aliphatic heterocycles. The van der Waals surface area contributed by atoms with Crippen molar-refractivity contribution in [2.45, 2.75) is 38.9 Å². The minimum Gasteiger partial charge on any atom is -0.361 e. The van der Waals surface area contributed by atoms with Crippen molar-refractivity contribution < 1.29 is 17.7 Å². The molecule has 1 atom stereocenters. The second-order valence-electron chi connectivity index (χ2n) is 9.15. The van der Waals surface area contributed by atoms with E-state index in [0.29, 0.717) is 33.7 Å². The average Bonchev–Trinajstić information content (AvgIpc) is 3.31. The van der Waals surface area contributed by atoms with Gasteiger partial charge in [-0.25, -0.2) is 15.0 Å². The topological polar surface area (TPSA) is 105 Å². The van der Waals surface area contributed by atoms with Gasteiger partial charge < -0.3 is 20.1 Å². The maximum Gasteiger partial charge on any atom is 0.419 e. The third-order valence-electron chi connectivity index (χ3n) is 7.10. The van der Waals surface area contributed by atoms with Crippen LogP contribution in [0.2, 0.25) is 0 Å². The number of aryl methyl sites for hydroxylation is 2. The quantitative estimate of drug-likeness (QED) is 0.405. The number of aromatic amines is 1. The van der Waals surface area contributed by atoms with Crippen LogP contribution in [-0.2, 0) is 6.18 Å². The normalized spacial score (nSPS) is 19.3. The van der Waals surface area contributed by atoms with Crippen LogP contribution in [0.1, 0.15) is 29.9 Å². The van der Waals surface area contributed by atoms with Gasteiger partial charge in [0.2, 0.25) is 5.95 Å². The summed E-state index contributed by atoms with van der Waals surface area (Å²) in [5, 5.41) is 11.0. The molecule has 8 nitrogen and oxygen atoms in total. The molecule has 3 N–H and O–H groups in total. The summed E-state index contributed by atoms with van der Waals surface area (Å²) in [7, 11) is 0. The first kappa shape index (κ1) is 21.1. The molecule has 0 amide bonds. The second-order valence-corrected chi connectivity index (χ2v) is 9.15. The van der Waals surface area contributed by atoms with Crippen molar-refractivity contribution in [1.82, 2.24) is 30.4 Å². The van der Waals surface area contributed by atoms with Crippen molar-refractivity contribution in [2.75, 3.05) is 18.4 Å². The van der Waals surface area contributed by atoms with Crippen molar-refractivity contribution in [3.63, 3.8) is 0 Å². The summed E-state index contributed by atoms with van der Waals surface area (Å²) in [5.41, 5.74) is 1.95. The van der Waals surface area contributed by atoms with Crippen molar-refractivity contribution in [1.29, 1.82) is 0 Å². The highest BCUT2D eigenvalue weighted by Gasteiger charge is 2.51. The van der Waals surface area contributed by atoms with Gasteiger partial charge >= 0.3 is 6.18 Å². The van der Waals surface area contributed by atoms with Gasteiger partial charge in [-0.3, -0.25) is 0 Å². The molecule has 1 saturated carbocycles. The third-order valence-corrected chi connectivity index (χ3v) is 7.10. The molecule has 1 aliphatic carbocycles. The van der Waals surface area contributed by atoms with Crippen molar-refractivity contribution in [2.24, 2.45) is 5.41 Å². The maximum atomic E-state index is 13.9. The Bertz CT molecular complexity index is 1380. The van der Waals surface area contributed by atoms with Gasteiger partial charge in [-0.15, -0.1) is 0 Å². The number of aromatic nitrogens is 5. The minimum atomic E-state index is -4.60. The van der Waals surface area contributed by atoms with E-state index in [4.69, 9.17) is 4.52 Å². The molecule has 2 aliphatic rings. The fourth-order valence-electron chi connectivity index (χ4n) is 5.00. The molecule has 11 heteroatoms. The van der Waals surface area contributed by atoms with Gasteiger partial charge in [0.25, 0.3) is 0 Å². The monoisotopic (exact) mass is 469 g/mol. The Kier molecular flexibility index (Phi) is 4.50. The highest BCUT2D eigenvalue weighted by atomic mass is 19.4. The first-order valence-electron chi connectivity index (χ1n) is 11.1.